The molecule has 1 aromatic carbocycles. The standard InChI is InChI=1S/C14H14Cl2N2O/c15-11-4-3-5-12(16)10(11)8-13(19)18-14(9-17)6-1-2-7-14/h3-5H,1-2,6-8H2,(H,18,19). The Morgan fingerprint density at radius 2 is 1.89 bits per heavy atom. The molecule has 0 heterocycles. The molecule has 1 aliphatic carbocycles. The lowest BCUT2D eigenvalue weighted by Gasteiger charge is -2.22. The lowest BCUT2D eigenvalue weighted by atomic mass is 9.99. The molecule has 5 heteroatoms. The minimum atomic E-state index is -0.704. The first-order valence-corrected chi connectivity index (χ1v) is 6.97. The van der Waals surface area contributed by atoms with E-state index in [9.17, 15) is 10.1 Å². The van der Waals surface area contributed by atoms with E-state index in [1.165, 1.54) is 0 Å². The molecular formula is C14H14Cl2N2O. The van der Waals surface area contributed by atoms with Gasteiger partial charge in [0.1, 0.15) is 5.54 Å². The van der Waals surface area contributed by atoms with Crippen LogP contribution in [0.5, 0.6) is 0 Å². The normalized spacial score (nSPS) is 16.9. The predicted octanol–water partition coefficient (Wildman–Crippen LogP) is 3.49. The summed E-state index contributed by atoms with van der Waals surface area (Å²) < 4.78 is 0. The molecule has 0 radical (unpaired) electrons. The van der Waals surface area contributed by atoms with Crippen molar-refractivity contribution in [2.75, 3.05) is 0 Å². The summed E-state index contributed by atoms with van der Waals surface area (Å²) >= 11 is 12.1. The van der Waals surface area contributed by atoms with Crippen LogP contribution in [0.1, 0.15) is 31.2 Å². The van der Waals surface area contributed by atoms with Crippen LogP contribution in [0.25, 0.3) is 0 Å². The van der Waals surface area contributed by atoms with E-state index in [1.54, 1.807) is 18.2 Å². The van der Waals surface area contributed by atoms with Crippen molar-refractivity contribution in [1.82, 2.24) is 5.32 Å². The molecule has 0 unspecified atom stereocenters. The summed E-state index contributed by atoms with van der Waals surface area (Å²) in [6.07, 6.45) is 3.47. The molecule has 1 saturated carbocycles. The monoisotopic (exact) mass is 296 g/mol. The topological polar surface area (TPSA) is 52.9 Å². The highest BCUT2D eigenvalue weighted by Gasteiger charge is 2.35. The highest BCUT2D eigenvalue weighted by atomic mass is 35.5. The average molecular weight is 297 g/mol. The maximum absolute atomic E-state index is 12.1. The smallest absolute Gasteiger partial charge is 0.225 e. The molecule has 0 saturated heterocycles. The van der Waals surface area contributed by atoms with E-state index in [1.807, 2.05) is 0 Å². The zero-order chi connectivity index (χ0) is 13.9. The summed E-state index contributed by atoms with van der Waals surface area (Å²) in [6.45, 7) is 0. The second-order valence-electron chi connectivity index (χ2n) is 4.83. The third kappa shape index (κ3) is 3.20. The van der Waals surface area contributed by atoms with Crippen LogP contribution in [0.2, 0.25) is 10.0 Å². The van der Waals surface area contributed by atoms with Crippen LogP contribution in [0.4, 0.5) is 0 Å². The molecule has 0 atom stereocenters. The SMILES string of the molecule is N#CC1(NC(=O)Cc2c(Cl)cccc2Cl)CCCC1. The van der Waals surface area contributed by atoms with Crippen LogP contribution in [-0.4, -0.2) is 11.4 Å². The van der Waals surface area contributed by atoms with Gasteiger partial charge in [0.15, 0.2) is 0 Å². The Kier molecular flexibility index (Phi) is 4.34. The number of amides is 1. The fourth-order valence-corrected chi connectivity index (χ4v) is 2.95. The van der Waals surface area contributed by atoms with Crippen molar-refractivity contribution in [1.29, 1.82) is 5.26 Å². The first-order valence-electron chi connectivity index (χ1n) is 6.21. The molecule has 1 amide bonds. The zero-order valence-electron chi connectivity index (χ0n) is 10.4. The number of benzene rings is 1. The Bertz CT molecular complexity index is 510. The lowest BCUT2D eigenvalue weighted by Crippen LogP contribution is -2.45. The summed E-state index contributed by atoms with van der Waals surface area (Å²) in [7, 11) is 0. The largest absolute Gasteiger partial charge is 0.338 e. The predicted molar refractivity (Wildman–Crippen MR) is 75.1 cm³/mol. The number of rotatable bonds is 3. The van der Waals surface area contributed by atoms with E-state index in [-0.39, 0.29) is 12.3 Å². The number of carbonyl (C=O) groups is 1. The summed E-state index contributed by atoms with van der Waals surface area (Å²) in [4.78, 5) is 12.1. The van der Waals surface area contributed by atoms with Gasteiger partial charge in [0, 0.05) is 10.0 Å². The van der Waals surface area contributed by atoms with Gasteiger partial charge in [-0.25, -0.2) is 0 Å². The Labute approximate surface area is 122 Å². The van der Waals surface area contributed by atoms with Gasteiger partial charge in [-0.05, 0) is 43.4 Å². The molecule has 0 spiro atoms. The number of nitrogens with zero attached hydrogens (tertiary/aromatic N) is 1. The molecule has 19 heavy (non-hydrogen) atoms. The van der Waals surface area contributed by atoms with E-state index < -0.39 is 5.54 Å². The molecule has 0 bridgehead atoms. The third-order valence-electron chi connectivity index (χ3n) is 3.45. The maximum atomic E-state index is 12.1. The Balaban J connectivity index is 2.08. The van der Waals surface area contributed by atoms with Crippen LogP contribution < -0.4 is 5.32 Å². The average Bonchev–Trinajstić information content (AvgIpc) is 2.83. The Hall–Kier alpha value is -1.24. The summed E-state index contributed by atoms with van der Waals surface area (Å²) in [5.74, 6) is -0.210. The van der Waals surface area contributed by atoms with Gasteiger partial charge in [0.2, 0.25) is 5.91 Å². The van der Waals surface area contributed by atoms with Crippen LogP contribution >= 0.6 is 23.2 Å². The zero-order valence-corrected chi connectivity index (χ0v) is 11.9. The van der Waals surface area contributed by atoms with Crippen LogP contribution in [0.15, 0.2) is 18.2 Å². The number of hydrogen-bond donors (Lipinski definition) is 1. The number of nitrogens with one attached hydrogen (secondary N) is 1. The molecular weight excluding hydrogens is 283 g/mol. The molecule has 1 N–H and O–H groups in total. The molecule has 0 aromatic heterocycles. The molecule has 1 fully saturated rings. The van der Waals surface area contributed by atoms with E-state index >= 15 is 0 Å². The van der Waals surface area contributed by atoms with Crippen molar-refractivity contribution in [3.63, 3.8) is 0 Å². The van der Waals surface area contributed by atoms with E-state index in [2.05, 4.69) is 11.4 Å². The second-order valence-corrected chi connectivity index (χ2v) is 5.64. The minimum Gasteiger partial charge on any atom is -0.338 e. The number of hydrogen-bond acceptors (Lipinski definition) is 2. The van der Waals surface area contributed by atoms with Crippen molar-refractivity contribution >= 4 is 29.1 Å². The highest BCUT2D eigenvalue weighted by molar-refractivity contribution is 6.36. The van der Waals surface area contributed by atoms with Gasteiger partial charge in [-0.15, -0.1) is 0 Å². The molecule has 1 aliphatic rings. The Morgan fingerprint density at radius 3 is 2.42 bits per heavy atom. The van der Waals surface area contributed by atoms with Gasteiger partial charge in [-0.1, -0.05) is 29.3 Å². The van der Waals surface area contributed by atoms with Crippen molar-refractivity contribution in [3.05, 3.63) is 33.8 Å². The first-order chi connectivity index (χ1) is 9.06. The fraction of sp³-hybridized carbons (Fsp3) is 0.429. The van der Waals surface area contributed by atoms with E-state index in [0.29, 0.717) is 28.5 Å². The van der Waals surface area contributed by atoms with Gasteiger partial charge in [-0.2, -0.15) is 5.26 Å². The van der Waals surface area contributed by atoms with E-state index in [4.69, 9.17) is 23.2 Å². The lowest BCUT2D eigenvalue weighted by molar-refractivity contribution is -0.121. The van der Waals surface area contributed by atoms with Crippen molar-refractivity contribution in [3.8, 4) is 6.07 Å². The van der Waals surface area contributed by atoms with E-state index in [0.717, 1.165) is 12.8 Å². The van der Waals surface area contributed by atoms with Gasteiger partial charge >= 0.3 is 0 Å². The van der Waals surface area contributed by atoms with Crippen molar-refractivity contribution < 1.29 is 4.79 Å². The molecule has 1 aromatic rings. The van der Waals surface area contributed by atoms with Gasteiger partial charge in [0.25, 0.3) is 0 Å². The molecule has 3 nitrogen and oxygen atoms in total. The quantitative estimate of drug-likeness (QED) is 0.928. The van der Waals surface area contributed by atoms with Crippen LogP contribution in [-0.2, 0) is 11.2 Å². The van der Waals surface area contributed by atoms with Crippen molar-refractivity contribution in [2.45, 2.75) is 37.6 Å². The Morgan fingerprint density at radius 1 is 1.32 bits per heavy atom. The van der Waals surface area contributed by atoms with Crippen molar-refractivity contribution in [2.24, 2.45) is 0 Å². The maximum Gasteiger partial charge on any atom is 0.225 e. The third-order valence-corrected chi connectivity index (χ3v) is 4.16. The highest BCUT2D eigenvalue weighted by Crippen LogP contribution is 2.30. The number of carbonyl (C=O) groups excluding carboxylic acids is 1. The number of halogens is 2. The summed E-state index contributed by atoms with van der Waals surface area (Å²) in [5.41, 5.74) is -0.0976. The van der Waals surface area contributed by atoms with Crippen LogP contribution in [0.3, 0.4) is 0 Å². The van der Waals surface area contributed by atoms with Gasteiger partial charge < -0.3 is 5.32 Å². The first kappa shape index (κ1) is 14.2. The number of nitriles is 1. The molecule has 0 aliphatic heterocycles. The second kappa shape index (κ2) is 5.81. The van der Waals surface area contributed by atoms with Gasteiger partial charge in [0.05, 0.1) is 12.5 Å². The molecule has 100 valence electrons. The van der Waals surface area contributed by atoms with Crippen LogP contribution in [0, 0.1) is 11.3 Å². The fourth-order valence-electron chi connectivity index (χ4n) is 2.42. The molecule has 2 rings (SSSR count). The summed E-state index contributed by atoms with van der Waals surface area (Å²) in [5, 5.41) is 13.0. The minimum absolute atomic E-state index is 0.0991. The van der Waals surface area contributed by atoms with Gasteiger partial charge in [-0.3, -0.25) is 4.79 Å². The summed E-state index contributed by atoms with van der Waals surface area (Å²) in [6, 6.07) is 7.36.